The number of amides is 1. The van der Waals surface area contributed by atoms with E-state index in [-0.39, 0.29) is 11.8 Å². The van der Waals surface area contributed by atoms with Crippen molar-refractivity contribution in [3.8, 4) is 0 Å². The predicted molar refractivity (Wildman–Crippen MR) is 96.6 cm³/mol. The molecule has 9 heteroatoms. The van der Waals surface area contributed by atoms with Gasteiger partial charge in [0.1, 0.15) is 5.82 Å². The van der Waals surface area contributed by atoms with Gasteiger partial charge in [-0.15, -0.1) is 11.3 Å². The Morgan fingerprint density at radius 3 is 2.68 bits per heavy atom. The largest absolute Gasteiger partial charge is 0.481 e. The first kappa shape index (κ1) is 17.6. The van der Waals surface area contributed by atoms with Crippen molar-refractivity contribution in [3.63, 3.8) is 0 Å². The van der Waals surface area contributed by atoms with Crippen LogP contribution in [0.15, 0.2) is 17.6 Å². The highest BCUT2D eigenvalue weighted by atomic mass is 35.5. The third-order valence-corrected chi connectivity index (χ3v) is 5.22. The van der Waals surface area contributed by atoms with Gasteiger partial charge in [-0.05, 0) is 25.8 Å². The normalized spacial score (nSPS) is 15.2. The molecule has 25 heavy (non-hydrogen) atoms. The van der Waals surface area contributed by atoms with Crippen molar-refractivity contribution in [2.45, 2.75) is 19.8 Å². The summed E-state index contributed by atoms with van der Waals surface area (Å²) >= 11 is 7.65. The summed E-state index contributed by atoms with van der Waals surface area (Å²) < 4.78 is 0. The van der Waals surface area contributed by atoms with Crippen LogP contribution in [0, 0.1) is 12.8 Å². The number of aliphatic carboxylic acids is 1. The number of hydrogen-bond acceptors (Lipinski definition) is 6. The van der Waals surface area contributed by atoms with Crippen LogP contribution in [0.4, 0.5) is 10.9 Å². The minimum atomic E-state index is -0.761. The van der Waals surface area contributed by atoms with Gasteiger partial charge < -0.3 is 10.0 Å². The fourth-order valence-corrected chi connectivity index (χ4v) is 3.68. The molecular weight excluding hydrogens is 364 g/mol. The number of nitrogens with one attached hydrogen (secondary N) is 1. The van der Waals surface area contributed by atoms with E-state index in [1.807, 2.05) is 17.2 Å². The van der Waals surface area contributed by atoms with Crippen molar-refractivity contribution < 1.29 is 14.7 Å². The Morgan fingerprint density at radius 1 is 1.40 bits per heavy atom. The first-order valence-electron chi connectivity index (χ1n) is 7.81. The lowest BCUT2D eigenvalue weighted by atomic mass is 9.97. The SMILES string of the molecule is Cc1csc(NC(=O)c2cnc(N3CCC(C(=O)O)CC3)c(Cl)c2)n1. The van der Waals surface area contributed by atoms with E-state index in [0.717, 1.165) is 5.69 Å². The molecule has 1 saturated heterocycles. The predicted octanol–water partition coefficient (Wildman–Crippen LogP) is 3.05. The van der Waals surface area contributed by atoms with Gasteiger partial charge in [0.15, 0.2) is 5.13 Å². The molecule has 0 unspecified atom stereocenters. The molecule has 3 rings (SSSR count). The molecule has 132 valence electrons. The number of carbonyl (C=O) groups excluding carboxylic acids is 1. The van der Waals surface area contributed by atoms with Crippen LogP contribution in [0.1, 0.15) is 28.9 Å². The van der Waals surface area contributed by atoms with E-state index >= 15 is 0 Å². The number of carboxylic acids is 1. The van der Waals surface area contributed by atoms with Gasteiger partial charge in [0.25, 0.3) is 5.91 Å². The topological polar surface area (TPSA) is 95.4 Å². The highest BCUT2D eigenvalue weighted by Crippen LogP contribution is 2.28. The van der Waals surface area contributed by atoms with E-state index in [9.17, 15) is 9.59 Å². The van der Waals surface area contributed by atoms with E-state index in [1.165, 1.54) is 17.5 Å². The lowest BCUT2D eigenvalue weighted by Crippen LogP contribution is -2.37. The average Bonchev–Trinajstić information content (AvgIpc) is 2.99. The van der Waals surface area contributed by atoms with Crippen LogP contribution < -0.4 is 10.2 Å². The third kappa shape index (κ3) is 4.08. The zero-order chi connectivity index (χ0) is 18.0. The number of halogens is 1. The number of thiazole rings is 1. The molecule has 1 amide bonds. The number of anilines is 2. The summed E-state index contributed by atoms with van der Waals surface area (Å²) in [5.41, 5.74) is 1.19. The highest BCUT2D eigenvalue weighted by molar-refractivity contribution is 7.13. The second-order valence-corrected chi connectivity index (χ2v) is 7.14. The molecule has 0 saturated carbocycles. The van der Waals surface area contributed by atoms with Gasteiger partial charge >= 0.3 is 5.97 Å². The Bertz CT molecular complexity index is 802. The molecule has 0 atom stereocenters. The smallest absolute Gasteiger partial charge is 0.306 e. The fourth-order valence-electron chi connectivity index (χ4n) is 2.71. The maximum absolute atomic E-state index is 12.3. The minimum Gasteiger partial charge on any atom is -0.481 e. The van der Waals surface area contributed by atoms with Crippen LogP contribution in [0.25, 0.3) is 0 Å². The summed E-state index contributed by atoms with van der Waals surface area (Å²) in [6.07, 6.45) is 2.58. The van der Waals surface area contributed by atoms with Gasteiger partial charge in [0, 0.05) is 24.7 Å². The van der Waals surface area contributed by atoms with Gasteiger partial charge in [-0.1, -0.05) is 11.6 Å². The second kappa shape index (κ2) is 7.37. The van der Waals surface area contributed by atoms with E-state index in [0.29, 0.717) is 47.5 Å². The molecule has 1 fully saturated rings. The Hall–Kier alpha value is -2.19. The number of nitrogens with zero attached hydrogens (tertiary/aromatic N) is 3. The maximum Gasteiger partial charge on any atom is 0.306 e. The van der Waals surface area contributed by atoms with Gasteiger partial charge in [-0.2, -0.15) is 0 Å². The Balaban J connectivity index is 1.68. The van der Waals surface area contributed by atoms with Crippen LogP contribution in [0.5, 0.6) is 0 Å². The van der Waals surface area contributed by atoms with Gasteiger partial charge in [0.05, 0.1) is 22.2 Å². The number of carboxylic acid groups (broad SMARTS) is 1. The summed E-state index contributed by atoms with van der Waals surface area (Å²) in [6, 6.07) is 1.57. The van der Waals surface area contributed by atoms with E-state index in [4.69, 9.17) is 16.7 Å². The van der Waals surface area contributed by atoms with Crippen LogP contribution in [0.2, 0.25) is 5.02 Å². The van der Waals surface area contributed by atoms with Crippen molar-refractivity contribution >= 4 is 45.8 Å². The van der Waals surface area contributed by atoms with Gasteiger partial charge in [-0.3, -0.25) is 14.9 Å². The number of pyridine rings is 1. The number of piperidine rings is 1. The molecular formula is C16H17ClN4O3S. The minimum absolute atomic E-state index is 0.318. The zero-order valence-corrected chi connectivity index (χ0v) is 15.1. The summed E-state index contributed by atoms with van der Waals surface area (Å²) in [5, 5.41) is 14.5. The molecule has 0 aliphatic carbocycles. The number of hydrogen-bond donors (Lipinski definition) is 2. The molecule has 3 heterocycles. The van der Waals surface area contributed by atoms with Crippen LogP contribution in [-0.2, 0) is 4.79 Å². The molecule has 2 aromatic heterocycles. The van der Waals surface area contributed by atoms with E-state index in [2.05, 4.69) is 15.3 Å². The van der Waals surface area contributed by atoms with Crippen molar-refractivity contribution in [1.82, 2.24) is 9.97 Å². The summed E-state index contributed by atoms with van der Waals surface area (Å²) in [6.45, 7) is 3.01. The monoisotopic (exact) mass is 380 g/mol. The van der Waals surface area contributed by atoms with Crippen molar-refractivity contribution in [1.29, 1.82) is 0 Å². The third-order valence-electron chi connectivity index (χ3n) is 4.07. The zero-order valence-electron chi connectivity index (χ0n) is 13.5. The van der Waals surface area contributed by atoms with E-state index in [1.54, 1.807) is 6.07 Å². The second-order valence-electron chi connectivity index (χ2n) is 5.88. The molecule has 0 bridgehead atoms. The molecule has 2 aromatic rings. The van der Waals surface area contributed by atoms with Crippen molar-refractivity contribution in [3.05, 3.63) is 33.9 Å². The molecule has 7 nitrogen and oxygen atoms in total. The number of carbonyl (C=O) groups is 2. The highest BCUT2D eigenvalue weighted by Gasteiger charge is 2.26. The van der Waals surface area contributed by atoms with Gasteiger partial charge in [0.2, 0.25) is 0 Å². The summed E-state index contributed by atoms with van der Waals surface area (Å²) in [5.74, 6) is -0.822. The average molecular weight is 381 g/mol. The maximum atomic E-state index is 12.3. The number of aryl methyl sites for hydroxylation is 1. The summed E-state index contributed by atoms with van der Waals surface area (Å²) in [7, 11) is 0. The van der Waals surface area contributed by atoms with Crippen molar-refractivity contribution in [2.24, 2.45) is 5.92 Å². The van der Waals surface area contributed by atoms with Crippen LogP contribution >= 0.6 is 22.9 Å². The molecule has 2 N–H and O–H groups in total. The van der Waals surface area contributed by atoms with Crippen LogP contribution in [0.3, 0.4) is 0 Å². The van der Waals surface area contributed by atoms with Crippen LogP contribution in [-0.4, -0.2) is 40.0 Å². The lowest BCUT2D eigenvalue weighted by molar-refractivity contribution is -0.142. The standard InChI is InChI=1S/C16H17ClN4O3S/c1-9-8-25-16(19-9)20-14(22)11-6-12(17)13(18-7-11)21-4-2-10(3-5-21)15(23)24/h6-8,10H,2-5H2,1H3,(H,23,24)(H,19,20,22). The Labute approximate surface area is 153 Å². The lowest BCUT2D eigenvalue weighted by Gasteiger charge is -2.31. The molecule has 0 aromatic carbocycles. The number of rotatable bonds is 4. The quantitative estimate of drug-likeness (QED) is 0.846. The van der Waals surface area contributed by atoms with E-state index < -0.39 is 5.97 Å². The fraction of sp³-hybridized carbons (Fsp3) is 0.375. The first-order chi connectivity index (χ1) is 11.9. The Kier molecular flexibility index (Phi) is 5.19. The molecule has 1 aliphatic rings. The summed E-state index contributed by atoms with van der Waals surface area (Å²) in [4.78, 5) is 33.7. The molecule has 0 radical (unpaired) electrons. The number of aromatic nitrogens is 2. The van der Waals surface area contributed by atoms with Crippen molar-refractivity contribution in [2.75, 3.05) is 23.3 Å². The molecule has 1 aliphatic heterocycles. The molecule has 0 spiro atoms. The first-order valence-corrected chi connectivity index (χ1v) is 9.06. The Morgan fingerprint density at radius 2 is 2.12 bits per heavy atom. The van der Waals surface area contributed by atoms with Gasteiger partial charge in [-0.25, -0.2) is 9.97 Å².